The Morgan fingerprint density at radius 2 is 1.02 bits per heavy atom. The van der Waals surface area contributed by atoms with Gasteiger partial charge < -0.3 is 4.42 Å². The smallest absolute Gasteiger partial charge is 0.160 e. The minimum atomic E-state index is -0.0562. The van der Waals surface area contributed by atoms with E-state index in [0.717, 1.165) is 67.0 Å². The Balaban J connectivity index is 1.11. The van der Waals surface area contributed by atoms with E-state index in [1.54, 1.807) is 0 Å². The molecule has 0 saturated heterocycles. The van der Waals surface area contributed by atoms with Crippen molar-refractivity contribution < 1.29 is 4.42 Å². The predicted molar refractivity (Wildman–Crippen MR) is 189 cm³/mol. The molecule has 0 fully saturated rings. The van der Waals surface area contributed by atoms with Crippen molar-refractivity contribution in [1.29, 1.82) is 0 Å². The van der Waals surface area contributed by atoms with E-state index in [9.17, 15) is 0 Å². The van der Waals surface area contributed by atoms with Gasteiger partial charge in [0.1, 0.15) is 11.2 Å². The molecule has 0 atom stereocenters. The van der Waals surface area contributed by atoms with Gasteiger partial charge in [-0.1, -0.05) is 129 Å². The highest BCUT2D eigenvalue weighted by Crippen LogP contribution is 2.50. The van der Waals surface area contributed by atoms with E-state index in [0.29, 0.717) is 0 Å². The summed E-state index contributed by atoms with van der Waals surface area (Å²) in [5, 5.41) is 2.29. The fourth-order valence-electron chi connectivity index (χ4n) is 7.05. The summed E-state index contributed by atoms with van der Waals surface area (Å²) in [4.78, 5) is 9.94. The Morgan fingerprint density at radius 3 is 1.76 bits per heavy atom. The summed E-state index contributed by atoms with van der Waals surface area (Å²) in [6.07, 6.45) is 0. The minimum Gasteiger partial charge on any atom is -0.456 e. The first-order valence-electron chi connectivity index (χ1n) is 15.7. The lowest BCUT2D eigenvalue weighted by molar-refractivity contribution is 0.647. The van der Waals surface area contributed by atoms with Crippen LogP contribution in [0.5, 0.6) is 0 Å². The molecular formula is C43H30N2O. The first kappa shape index (κ1) is 26.6. The number of benzene rings is 6. The van der Waals surface area contributed by atoms with Crippen LogP contribution in [0.2, 0.25) is 0 Å². The second-order valence-corrected chi connectivity index (χ2v) is 12.6. The molecule has 9 rings (SSSR count). The van der Waals surface area contributed by atoms with Gasteiger partial charge in [0.15, 0.2) is 5.82 Å². The fourth-order valence-corrected chi connectivity index (χ4v) is 7.05. The second kappa shape index (κ2) is 10.1. The van der Waals surface area contributed by atoms with Crippen LogP contribution in [0, 0.1) is 0 Å². The summed E-state index contributed by atoms with van der Waals surface area (Å²) in [6.45, 7) is 4.61. The standard InChI is InChI=1S/C43H30N2O/c1-43(2)36-16-10-9-15-32(36)33-24-35-34-23-31(21-22-40(34)46-41(35)25-37(33)43)27-17-19-29(20-18-27)39-26-38(28-11-5-3-6-12-28)44-42(45-39)30-13-7-4-8-14-30/h3-26H,1-2H3. The maximum absolute atomic E-state index is 6.42. The van der Waals surface area contributed by atoms with E-state index >= 15 is 0 Å². The number of nitrogens with zero attached hydrogens (tertiary/aromatic N) is 2. The number of hydrogen-bond donors (Lipinski definition) is 0. The van der Waals surface area contributed by atoms with E-state index in [-0.39, 0.29) is 5.41 Å². The van der Waals surface area contributed by atoms with Gasteiger partial charge in [-0.15, -0.1) is 0 Å². The zero-order chi connectivity index (χ0) is 30.8. The fraction of sp³-hybridized carbons (Fsp3) is 0.0698. The van der Waals surface area contributed by atoms with Gasteiger partial charge >= 0.3 is 0 Å². The summed E-state index contributed by atoms with van der Waals surface area (Å²) in [7, 11) is 0. The Labute approximate surface area is 267 Å². The highest BCUT2D eigenvalue weighted by Gasteiger charge is 2.36. The normalized spacial score (nSPS) is 13.2. The molecule has 0 spiro atoms. The Morgan fingerprint density at radius 1 is 0.435 bits per heavy atom. The maximum Gasteiger partial charge on any atom is 0.160 e. The average molecular weight is 591 g/mol. The number of rotatable bonds is 4. The number of aromatic nitrogens is 2. The molecule has 8 aromatic rings. The number of fused-ring (bicyclic) bond motifs is 6. The maximum atomic E-state index is 6.42. The van der Waals surface area contributed by atoms with E-state index in [1.807, 2.05) is 36.4 Å². The Hall–Kier alpha value is -5.80. The summed E-state index contributed by atoms with van der Waals surface area (Å²) in [5.74, 6) is 0.718. The lowest BCUT2D eigenvalue weighted by atomic mass is 9.82. The Kier molecular flexibility index (Phi) is 5.85. The van der Waals surface area contributed by atoms with Crippen LogP contribution in [-0.4, -0.2) is 9.97 Å². The SMILES string of the molecule is CC1(C)c2ccccc2-c2cc3c(cc21)oc1ccc(-c2ccc(-c4cc(-c5ccccc5)nc(-c5ccccc5)n4)cc2)cc13. The van der Waals surface area contributed by atoms with Gasteiger partial charge in [-0.25, -0.2) is 9.97 Å². The van der Waals surface area contributed by atoms with Crippen molar-refractivity contribution in [3.8, 4) is 56.2 Å². The van der Waals surface area contributed by atoms with E-state index in [2.05, 4.69) is 123 Å². The molecule has 0 N–H and O–H groups in total. The van der Waals surface area contributed by atoms with Gasteiger partial charge in [0, 0.05) is 32.9 Å². The van der Waals surface area contributed by atoms with Gasteiger partial charge in [-0.2, -0.15) is 0 Å². The zero-order valence-corrected chi connectivity index (χ0v) is 25.7. The highest BCUT2D eigenvalue weighted by atomic mass is 16.3. The van der Waals surface area contributed by atoms with Crippen LogP contribution in [0.25, 0.3) is 78.1 Å². The molecule has 0 unspecified atom stereocenters. The summed E-state index contributed by atoms with van der Waals surface area (Å²) < 4.78 is 6.42. The van der Waals surface area contributed by atoms with Crippen molar-refractivity contribution in [1.82, 2.24) is 9.97 Å². The quantitative estimate of drug-likeness (QED) is 0.205. The molecular weight excluding hydrogens is 560 g/mol. The van der Waals surface area contributed by atoms with Gasteiger partial charge in [0.2, 0.25) is 0 Å². The third-order valence-electron chi connectivity index (χ3n) is 9.51. The van der Waals surface area contributed by atoms with Crippen LogP contribution in [-0.2, 0) is 5.41 Å². The molecule has 6 aromatic carbocycles. The van der Waals surface area contributed by atoms with Crippen molar-refractivity contribution in [3.05, 3.63) is 157 Å². The first-order chi connectivity index (χ1) is 22.5. The highest BCUT2D eigenvalue weighted by molar-refractivity contribution is 6.09. The molecule has 0 radical (unpaired) electrons. The molecule has 218 valence electrons. The summed E-state index contributed by atoms with van der Waals surface area (Å²) in [5.41, 5.74) is 14.3. The van der Waals surface area contributed by atoms with Crippen molar-refractivity contribution in [3.63, 3.8) is 0 Å². The topological polar surface area (TPSA) is 38.9 Å². The molecule has 0 saturated carbocycles. The average Bonchev–Trinajstić information content (AvgIpc) is 3.59. The number of furan rings is 1. The molecule has 2 heterocycles. The Bertz CT molecular complexity index is 2360. The molecule has 3 nitrogen and oxygen atoms in total. The molecule has 0 amide bonds. The van der Waals surface area contributed by atoms with Crippen LogP contribution in [0.3, 0.4) is 0 Å². The monoisotopic (exact) mass is 590 g/mol. The largest absolute Gasteiger partial charge is 0.456 e. The predicted octanol–water partition coefficient (Wildman–Crippen LogP) is 11.4. The van der Waals surface area contributed by atoms with Crippen LogP contribution in [0.1, 0.15) is 25.0 Å². The van der Waals surface area contributed by atoms with E-state index in [4.69, 9.17) is 14.4 Å². The van der Waals surface area contributed by atoms with Gasteiger partial charge in [0.05, 0.1) is 11.4 Å². The molecule has 2 aromatic heterocycles. The van der Waals surface area contributed by atoms with Crippen molar-refractivity contribution in [2.24, 2.45) is 0 Å². The molecule has 1 aliphatic carbocycles. The lowest BCUT2D eigenvalue weighted by Crippen LogP contribution is -2.14. The van der Waals surface area contributed by atoms with Crippen molar-refractivity contribution in [2.45, 2.75) is 19.3 Å². The van der Waals surface area contributed by atoms with Crippen LogP contribution < -0.4 is 0 Å². The number of hydrogen-bond acceptors (Lipinski definition) is 3. The molecule has 1 aliphatic rings. The van der Waals surface area contributed by atoms with E-state index in [1.165, 1.54) is 22.3 Å². The third kappa shape index (κ3) is 4.20. The minimum absolute atomic E-state index is 0.0562. The molecule has 3 heteroatoms. The van der Waals surface area contributed by atoms with Gasteiger partial charge in [-0.3, -0.25) is 0 Å². The van der Waals surface area contributed by atoms with E-state index < -0.39 is 0 Å². The summed E-state index contributed by atoms with van der Waals surface area (Å²) in [6, 6.07) is 51.1. The second-order valence-electron chi connectivity index (χ2n) is 12.6. The molecule has 0 bridgehead atoms. The van der Waals surface area contributed by atoms with Gasteiger partial charge in [0.25, 0.3) is 0 Å². The lowest BCUT2D eigenvalue weighted by Gasteiger charge is -2.21. The summed E-state index contributed by atoms with van der Waals surface area (Å²) >= 11 is 0. The third-order valence-corrected chi connectivity index (χ3v) is 9.51. The van der Waals surface area contributed by atoms with Crippen LogP contribution in [0.4, 0.5) is 0 Å². The van der Waals surface area contributed by atoms with Gasteiger partial charge in [-0.05, 0) is 63.7 Å². The zero-order valence-electron chi connectivity index (χ0n) is 25.7. The van der Waals surface area contributed by atoms with Crippen LogP contribution >= 0.6 is 0 Å². The van der Waals surface area contributed by atoms with Crippen molar-refractivity contribution in [2.75, 3.05) is 0 Å². The molecule has 46 heavy (non-hydrogen) atoms. The van der Waals surface area contributed by atoms with Crippen LogP contribution in [0.15, 0.2) is 150 Å². The molecule has 0 aliphatic heterocycles. The van der Waals surface area contributed by atoms with Crippen molar-refractivity contribution >= 4 is 21.9 Å². The first-order valence-corrected chi connectivity index (χ1v) is 15.7.